The van der Waals surface area contributed by atoms with Crippen molar-refractivity contribution >= 4 is 11.6 Å². The third kappa shape index (κ3) is 5.14. The average molecular weight is 515 g/mol. The van der Waals surface area contributed by atoms with Crippen LogP contribution in [0.25, 0.3) is 5.69 Å². The molecule has 1 atom stereocenters. The predicted octanol–water partition coefficient (Wildman–Crippen LogP) is 5.39. The van der Waals surface area contributed by atoms with E-state index in [1.165, 1.54) is 10.6 Å². The maximum absolute atomic E-state index is 15.4. The van der Waals surface area contributed by atoms with Gasteiger partial charge in [0.2, 0.25) is 0 Å². The standard InChI is InChI=1S/C27H29F3N4O3/c1-16(17-7-3-2-4-8-17)37-24-15-23(34-27(36)33-12-6-5-9-25(33)32-34)21(30)14-19(24)26(35)31-22-11-10-18(28)13-20(22)29/h10-11,13-17H,2-9,12H2,1H3,(H,31,35). The second-order valence-corrected chi connectivity index (χ2v) is 9.82. The van der Waals surface area contributed by atoms with Gasteiger partial charge in [0.15, 0.2) is 0 Å². The van der Waals surface area contributed by atoms with Crippen LogP contribution in [-0.4, -0.2) is 26.4 Å². The Bertz CT molecular complexity index is 1380. The van der Waals surface area contributed by atoms with Gasteiger partial charge in [-0.3, -0.25) is 9.36 Å². The molecule has 1 aliphatic heterocycles. The first kappa shape index (κ1) is 25.1. The molecule has 1 fully saturated rings. The van der Waals surface area contributed by atoms with Crippen LogP contribution in [0.5, 0.6) is 5.75 Å². The van der Waals surface area contributed by atoms with Crippen LogP contribution in [0.2, 0.25) is 0 Å². The molecule has 2 heterocycles. The Balaban J connectivity index is 1.53. The predicted molar refractivity (Wildman–Crippen MR) is 132 cm³/mol. The molecule has 1 unspecified atom stereocenters. The van der Waals surface area contributed by atoms with Gasteiger partial charge in [0.1, 0.15) is 34.7 Å². The van der Waals surface area contributed by atoms with Crippen molar-refractivity contribution in [3.05, 3.63) is 69.7 Å². The van der Waals surface area contributed by atoms with E-state index in [2.05, 4.69) is 10.4 Å². The normalized spacial score (nSPS) is 16.8. The number of fused-ring (bicyclic) bond motifs is 1. The third-order valence-corrected chi connectivity index (χ3v) is 7.30. The van der Waals surface area contributed by atoms with E-state index in [9.17, 15) is 18.4 Å². The van der Waals surface area contributed by atoms with Crippen LogP contribution in [-0.2, 0) is 13.0 Å². The maximum atomic E-state index is 15.4. The summed E-state index contributed by atoms with van der Waals surface area (Å²) in [6.07, 6.45) is 7.36. The summed E-state index contributed by atoms with van der Waals surface area (Å²) < 4.78 is 51.7. The molecular weight excluding hydrogens is 485 g/mol. The van der Waals surface area contributed by atoms with Crippen LogP contribution >= 0.6 is 0 Å². The molecular formula is C27H29F3N4O3. The first-order valence-electron chi connectivity index (χ1n) is 12.8. The molecule has 2 aliphatic rings. The minimum Gasteiger partial charge on any atom is -0.490 e. The number of carbonyl (C=O) groups is 1. The summed E-state index contributed by atoms with van der Waals surface area (Å²) in [4.78, 5) is 26.1. The molecule has 0 bridgehead atoms. The number of amides is 1. The van der Waals surface area contributed by atoms with Gasteiger partial charge >= 0.3 is 5.69 Å². The second kappa shape index (κ2) is 10.4. The number of ether oxygens (including phenoxy) is 1. The van der Waals surface area contributed by atoms with Crippen LogP contribution in [0, 0.1) is 23.4 Å². The summed E-state index contributed by atoms with van der Waals surface area (Å²) in [5, 5.41) is 6.71. The molecule has 1 amide bonds. The summed E-state index contributed by atoms with van der Waals surface area (Å²) in [5.41, 5.74) is -0.988. The quantitative estimate of drug-likeness (QED) is 0.479. The van der Waals surface area contributed by atoms with Gasteiger partial charge in [0, 0.05) is 25.1 Å². The lowest BCUT2D eigenvalue weighted by molar-refractivity contribution is 0.0996. The zero-order chi connectivity index (χ0) is 26.1. The molecule has 196 valence electrons. The fourth-order valence-electron chi connectivity index (χ4n) is 5.22. The molecule has 1 saturated carbocycles. The van der Waals surface area contributed by atoms with Crippen molar-refractivity contribution in [2.24, 2.45) is 5.92 Å². The van der Waals surface area contributed by atoms with Gasteiger partial charge in [-0.05, 0) is 56.7 Å². The highest BCUT2D eigenvalue weighted by Crippen LogP contribution is 2.32. The molecule has 3 aromatic rings. The number of nitrogens with zero attached hydrogens (tertiary/aromatic N) is 3. The molecule has 0 saturated heterocycles. The first-order valence-corrected chi connectivity index (χ1v) is 12.8. The number of hydrogen-bond donors (Lipinski definition) is 1. The fraction of sp³-hybridized carbons (Fsp3) is 0.444. The number of aromatic nitrogens is 3. The maximum Gasteiger partial charge on any atom is 0.350 e. The van der Waals surface area contributed by atoms with Crippen molar-refractivity contribution in [2.75, 3.05) is 5.32 Å². The number of aryl methyl sites for hydroxylation is 1. The van der Waals surface area contributed by atoms with E-state index in [1.54, 1.807) is 0 Å². The van der Waals surface area contributed by atoms with Crippen LogP contribution in [0.1, 0.15) is 68.1 Å². The van der Waals surface area contributed by atoms with Crippen LogP contribution in [0.3, 0.4) is 0 Å². The molecule has 7 nitrogen and oxygen atoms in total. The highest BCUT2D eigenvalue weighted by Gasteiger charge is 2.27. The van der Waals surface area contributed by atoms with Gasteiger partial charge in [0.25, 0.3) is 5.91 Å². The summed E-state index contributed by atoms with van der Waals surface area (Å²) in [7, 11) is 0. The molecule has 2 aromatic carbocycles. The Labute approximate surface area is 212 Å². The minimum atomic E-state index is -0.960. The molecule has 1 aliphatic carbocycles. The SMILES string of the molecule is CC(Oc1cc(-n2nc3n(c2=O)CCCC3)c(F)cc1C(=O)Nc1ccc(F)cc1F)C1CCCCC1. The molecule has 0 spiro atoms. The third-order valence-electron chi connectivity index (χ3n) is 7.30. The van der Waals surface area contributed by atoms with E-state index in [0.29, 0.717) is 24.9 Å². The van der Waals surface area contributed by atoms with Crippen molar-refractivity contribution < 1.29 is 22.7 Å². The highest BCUT2D eigenvalue weighted by molar-refractivity contribution is 6.06. The number of carbonyl (C=O) groups excluding carboxylic acids is 1. The lowest BCUT2D eigenvalue weighted by Crippen LogP contribution is -2.28. The lowest BCUT2D eigenvalue weighted by Gasteiger charge is -2.29. The van der Waals surface area contributed by atoms with Crippen molar-refractivity contribution in [3.63, 3.8) is 0 Å². The lowest BCUT2D eigenvalue weighted by atomic mass is 9.86. The summed E-state index contributed by atoms with van der Waals surface area (Å²) in [6, 6.07) is 5.03. The van der Waals surface area contributed by atoms with Gasteiger partial charge < -0.3 is 10.1 Å². The van der Waals surface area contributed by atoms with E-state index >= 15 is 4.39 Å². The Morgan fingerprint density at radius 3 is 2.57 bits per heavy atom. The molecule has 5 rings (SSSR count). The van der Waals surface area contributed by atoms with Crippen molar-refractivity contribution in [1.29, 1.82) is 0 Å². The highest BCUT2D eigenvalue weighted by atomic mass is 19.1. The Morgan fingerprint density at radius 2 is 1.84 bits per heavy atom. The second-order valence-electron chi connectivity index (χ2n) is 9.82. The van der Waals surface area contributed by atoms with E-state index in [1.807, 2.05) is 6.92 Å². The van der Waals surface area contributed by atoms with Crippen molar-refractivity contribution in [2.45, 2.75) is 70.9 Å². The minimum absolute atomic E-state index is 0.0624. The van der Waals surface area contributed by atoms with Gasteiger partial charge in [-0.25, -0.2) is 18.0 Å². The summed E-state index contributed by atoms with van der Waals surface area (Å²) >= 11 is 0. The number of nitrogens with one attached hydrogen (secondary N) is 1. The van der Waals surface area contributed by atoms with Gasteiger partial charge in [-0.2, -0.15) is 4.68 Å². The molecule has 0 radical (unpaired) electrons. The Morgan fingerprint density at radius 1 is 1.05 bits per heavy atom. The molecule has 10 heteroatoms. The molecule has 1 N–H and O–H groups in total. The van der Waals surface area contributed by atoms with Crippen LogP contribution < -0.4 is 15.7 Å². The number of benzene rings is 2. The zero-order valence-electron chi connectivity index (χ0n) is 20.6. The summed E-state index contributed by atoms with van der Waals surface area (Å²) in [6.45, 7) is 2.42. The van der Waals surface area contributed by atoms with Gasteiger partial charge in [-0.15, -0.1) is 5.10 Å². The fourth-order valence-corrected chi connectivity index (χ4v) is 5.22. The number of anilines is 1. The zero-order valence-corrected chi connectivity index (χ0v) is 20.6. The van der Waals surface area contributed by atoms with Crippen LogP contribution in [0.15, 0.2) is 35.1 Å². The number of hydrogen-bond acceptors (Lipinski definition) is 4. The largest absolute Gasteiger partial charge is 0.490 e. The molecule has 1 aromatic heterocycles. The Kier molecular flexibility index (Phi) is 7.08. The van der Waals surface area contributed by atoms with E-state index in [4.69, 9.17) is 4.74 Å². The number of halogens is 3. The smallest absolute Gasteiger partial charge is 0.350 e. The van der Waals surface area contributed by atoms with E-state index < -0.39 is 29.0 Å². The topological polar surface area (TPSA) is 78.2 Å². The average Bonchev–Trinajstić information content (AvgIpc) is 3.23. The molecule has 37 heavy (non-hydrogen) atoms. The van der Waals surface area contributed by atoms with Crippen LogP contribution in [0.4, 0.5) is 18.9 Å². The number of rotatable bonds is 6. The first-order chi connectivity index (χ1) is 17.8. The monoisotopic (exact) mass is 514 g/mol. The van der Waals surface area contributed by atoms with Crippen molar-refractivity contribution in [3.8, 4) is 11.4 Å². The Hall–Kier alpha value is -3.56. The van der Waals surface area contributed by atoms with Gasteiger partial charge in [0.05, 0.1) is 17.4 Å². The van der Waals surface area contributed by atoms with E-state index in [0.717, 1.165) is 67.8 Å². The summed E-state index contributed by atoms with van der Waals surface area (Å²) in [5.74, 6) is -2.51. The van der Waals surface area contributed by atoms with Crippen molar-refractivity contribution in [1.82, 2.24) is 14.3 Å². The van der Waals surface area contributed by atoms with E-state index in [-0.39, 0.29) is 34.7 Å². The van der Waals surface area contributed by atoms with Gasteiger partial charge in [-0.1, -0.05) is 19.3 Å².